The van der Waals surface area contributed by atoms with Crippen molar-refractivity contribution < 1.29 is 24.2 Å². The molecule has 0 aliphatic carbocycles. The maximum Gasteiger partial charge on any atom is 0.338 e. The van der Waals surface area contributed by atoms with E-state index in [9.17, 15) is 14.4 Å². The molecular weight excluding hydrogens is 489 g/mol. The number of carboxylic acids is 1. The zero-order chi connectivity index (χ0) is 25.4. The number of unbranched alkanes of at least 4 members (excludes halogenated alkanes) is 1. The number of esters is 1. The molecule has 8 heteroatoms. The summed E-state index contributed by atoms with van der Waals surface area (Å²) in [5.41, 5.74) is 1.22. The van der Waals surface area contributed by atoms with Gasteiger partial charge in [0.15, 0.2) is 0 Å². The number of hydrogen-bond acceptors (Lipinski definition) is 4. The van der Waals surface area contributed by atoms with E-state index in [2.05, 4.69) is 5.32 Å². The fraction of sp³-hybridized carbons (Fsp3) is 0.296. The van der Waals surface area contributed by atoms with Gasteiger partial charge < -0.3 is 15.2 Å². The number of amides is 1. The lowest BCUT2D eigenvalue weighted by Crippen LogP contribution is -2.44. The van der Waals surface area contributed by atoms with Crippen LogP contribution in [0.4, 0.5) is 0 Å². The highest BCUT2D eigenvalue weighted by molar-refractivity contribution is 6.42. The Morgan fingerprint density at radius 3 is 2.34 bits per heavy atom. The van der Waals surface area contributed by atoms with Crippen molar-refractivity contribution in [3.8, 4) is 0 Å². The Bertz CT molecular complexity index is 1210. The lowest BCUT2D eigenvalue weighted by Gasteiger charge is -2.25. The van der Waals surface area contributed by atoms with Crippen molar-refractivity contribution in [2.75, 3.05) is 0 Å². The van der Waals surface area contributed by atoms with Crippen molar-refractivity contribution in [3.63, 3.8) is 0 Å². The van der Waals surface area contributed by atoms with Crippen molar-refractivity contribution in [1.82, 2.24) is 5.32 Å². The van der Waals surface area contributed by atoms with Gasteiger partial charge in [-0.15, -0.1) is 0 Å². The Morgan fingerprint density at radius 2 is 1.63 bits per heavy atom. The summed E-state index contributed by atoms with van der Waals surface area (Å²) in [5.74, 6) is -1.62. The standard InChI is InChI=1S/C27H27Cl2NO5/c1-17(30-25(31)8-4-5-9-26(32)33)24(15-18-10-13-22(28)23(29)14-18)35-27(34)21-12-11-19-6-2-3-7-20(19)16-21/h2-3,6-7,10-14,16-17,24H,4-5,8-9,15H2,1H3,(H,30,31)(H,32,33)/t17-,24-/m0/s1. The predicted molar refractivity (Wildman–Crippen MR) is 137 cm³/mol. The zero-order valence-corrected chi connectivity index (χ0v) is 20.8. The van der Waals surface area contributed by atoms with Gasteiger partial charge in [0.2, 0.25) is 5.91 Å². The lowest BCUT2D eigenvalue weighted by atomic mass is 10.0. The fourth-order valence-electron chi connectivity index (χ4n) is 3.72. The average Bonchev–Trinajstić information content (AvgIpc) is 2.83. The highest BCUT2D eigenvalue weighted by Gasteiger charge is 2.25. The monoisotopic (exact) mass is 515 g/mol. The number of carboxylic acid groups (broad SMARTS) is 1. The molecule has 0 radical (unpaired) electrons. The van der Waals surface area contributed by atoms with E-state index in [1.165, 1.54) is 0 Å². The van der Waals surface area contributed by atoms with Crippen molar-refractivity contribution in [1.29, 1.82) is 0 Å². The van der Waals surface area contributed by atoms with Crippen LogP contribution in [-0.2, 0) is 20.7 Å². The quantitative estimate of drug-likeness (QED) is 0.239. The number of halogens is 2. The van der Waals surface area contributed by atoms with Gasteiger partial charge in [-0.05, 0) is 60.4 Å². The van der Waals surface area contributed by atoms with Gasteiger partial charge in [0, 0.05) is 19.3 Å². The van der Waals surface area contributed by atoms with E-state index < -0.39 is 24.1 Å². The molecule has 184 valence electrons. The summed E-state index contributed by atoms with van der Waals surface area (Å²) in [6, 6.07) is 17.8. The van der Waals surface area contributed by atoms with Gasteiger partial charge in [0.1, 0.15) is 6.10 Å². The van der Waals surface area contributed by atoms with Crippen LogP contribution in [0.2, 0.25) is 10.0 Å². The lowest BCUT2D eigenvalue weighted by molar-refractivity contribution is -0.137. The van der Waals surface area contributed by atoms with Gasteiger partial charge in [-0.3, -0.25) is 9.59 Å². The van der Waals surface area contributed by atoms with Crippen LogP contribution in [0.5, 0.6) is 0 Å². The highest BCUT2D eigenvalue weighted by atomic mass is 35.5. The van der Waals surface area contributed by atoms with Gasteiger partial charge in [0.05, 0.1) is 21.7 Å². The molecule has 3 aromatic carbocycles. The molecule has 3 aromatic rings. The third-order valence-corrected chi connectivity index (χ3v) is 6.39. The molecule has 0 fully saturated rings. The predicted octanol–water partition coefficient (Wildman–Crippen LogP) is 6.06. The SMILES string of the molecule is C[C@H](NC(=O)CCCCC(=O)O)[C@H](Cc1ccc(Cl)c(Cl)c1)OC(=O)c1ccc2ccccc2c1. The van der Waals surface area contributed by atoms with Crippen molar-refractivity contribution in [2.45, 2.75) is 51.2 Å². The van der Waals surface area contributed by atoms with Crippen molar-refractivity contribution in [2.24, 2.45) is 0 Å². The smallest absolute Gasteiger partial charge is 0.338 e. The summed E-state index contributed by atoms with van der Waals surface area (Å²) in [5, 5.41) is 14.4. The van der Waals surface area contributed by atoms with Crippen LogP contribution in [0, 0.1) is 0 Å². The molecule has 0 bridgehead atoms. The maximum atomic E-state index is 13.0. The van der Waals surface area contributed by atoms with Crippen LogP contribution in [-0.4, -0.2) is 35.1 Å². The molecule has 0 unspecified atom stereocenters. The molecule has 2 atom stereocenters. The number of aliphatic carboxylic acids is 1. The Labute approximate surface area is 214 Å². The maximum absolute atomic E-state index is 13.0. The average molecular weight is 516 g/mol. The first-order valence-corrected chi connectivity index (χ1v) is 12.1. The minimum absolute atomic E-state index is 0.0200. The number of benzene rings is 3. The second-order valence-corrected chi connectivity index (χ2v) is 9.23. The van der Waals surface area contributed by atoms with Crippen LogP contribution < -0.4 is 5.32 Å². The molecule has 0 aliphatic rings. The minimum atomic E-state index is -0.888. The van der Waals surface area contributed by atoms with E-state index in [4.69, 9.17) is 33.0 Å². The van der Waals surface area contributed by atoms with Gasteiger partial charge in [-0.25, -0.2) is 4.79 Å². The largest absolute Gasteiger partial charge is 0.481 e. The van der Waals surface area contributed by atoms with Crippen LogP contribution in [0.1, 0.15) is 48.5 Å². The molecule has 0 aliphatic heterocycles. The molecule has 0 saturated carbocycles. The van der Waals surface area contributed by atoms with E-state index in [0.717, 1.165) is 16.3 Å². The molecule has 6 nitrogen and oxygen atoms in total. The second kappa shape index (κ2) is 12.6. The van der Waals surface area contributed by atoms with Crippen LogP contribution in [0.3, 0.4) is 0 Å². The summed E-state index contributed by atoms with van der Waals surface area (Å²) in [6.45, 7) is 1.77. The van der Waals surface area contributed by atoms with Gasteiger partial charge in [0.25, 0.3) is 0 Å². The minimum Gasteiger partial charge on any atom is -0.481 e. The van der Waals surface area contributed by atoms with Crippen LogP contribution >= 0.6 is 23.2 Å². The van der Waals surface area contributed by atoms with Gasteiger partial charge in [-0.2, -0.15) is 0 Å². The molecule has 2 N–H and O–H groups in total. The number of carbonyl (C=O) groups excluding carboxylic acids is 2. The first kappa shape index (κ1) is 26.5. The number of fused-ring (bicyclic) bond motifs is 1. The van der Waals surface area contributed by atoms with Crippen molar-refractivity contribution >= 4 is 51.8 Å². The first-order chi connectivity index (χ1) is 16.7. The number of ether oxygens (including phenoxy) is 1. The molecule has 35 heavy (non-hydrogen) atoms. The molecule has 0 aromatic heterocycles. The second-order valence-electron chi connectivity index (χ2n) is 8.42. The number of hydrogen-bond donors (Lipinski definition) is 2. The number of nitrogens with one attached hydrogen (secondary N) is 1. The van der Waals surface area contributed by atoms with Crippen LogP contribution in [0.25, 0.3) is 10.8 Å². The third kappa shape index (κ3) is 7.98. The fourth-order valence-corrected chi connectivity index (χ4v) is 4.04. The normalized spacial score (nSPS) is 12.7. The zero-order valence-electron chi connectivity index (χ0n) is 19.3. The van der Waals surface area contributed by atoms with Gasteiger partial charge >= 0.3 is 11.9 Å². The third-order valence-electron chi connectivity index (χ3n) is 5.66. The Kier molecular flexibility index (Phi) is 9.52. The highest BCUT2D eigenvalue weighted by Crippen LogP contribution is 2.24. The van der Waals surface area contributed by atoms with E-state index in [0.29, 0.717) is 34.9 Å². The Hall–Kier alpha value is -3.09. The molecule has 0 heterocycles. The summed E-state index contributed by atoms with van der Waals surface area (Å²) < 4.78 is 5.87. The first-order valence-electron chi connectivity index (χ1n) is 11.4. The summed E-state index contributed by atoms with van der Waals surface area (Å²) in [6.07, 6.45) is 0.729. The topological polar surface area (TPSA) is 92.7 Å². The number of rotatable bonds is 11. The summed E-state index contributed by atoms with van der Waals surface area (Å²) in [7, 11) is 0. The molecule has 3 rings (SSSR count). The van der Waals surface area contributed by atoms with E-state index >= 15 is 0 Å². The van der Waals surface area contributed by atoms with Crippen molar-refractivity contribution in [3.05, 3.63) is 81.8 Å². The van der Waals surface area contributed by atoms with Crippen LogP contribution in [0.15, 0.2) is 60.7 Å². The Balaban J connectivity index is 1.73. The Morgan fingerprint density at radius 1 is 0.914 bits per heavy atom. The molecular formula is C27H27Cl2NO5. The molecule has 1 amide bonds. The van der Waals surface area contributed by atoms with E-state index in [-0.39, 0.29) is 18.7 Å². The molecule has 0 spiro atoms. The van der Waals surface area contributed by atoms with E-state index in [1.807, 2.05) is 30.3 Å². The van der Waals surface area contributed by atoms with Gasteiger partial charge in [-0.1, -0.05) is 59.6 Å². The summed E-state index contributed by atoms with van der Waals surface area (Å²) >= 11 is 12.2. The van der Waals surface area contributed by atoms with E-state index in [1.54, 1.807) is 37.3 Å². The molecule has 0 saturated heterocycles. The summed E-state index contributed by atoms with van der Waals surface area (Å²) in [4.78, 5) is 36.1. The number of carbonyl (C=O) groups is 3.